The van der Waals surface area contributed by atoms with E-state index in [2.05, 4.69) is 5.32 Å². The summed E-state index contributed by atoms with van der Waals surface area (Å²) in [6.45, 7) is 0. The predicted molar refractivity (Wildman–Crippen MR) is 115 cm³/mol. The highest BCUT2D eigenvalue weighted by molar-refractivity contribution is 6.31. The van der Waals surface area contributed by atoms with Crippen molar-refractivity contribution < 1.29 is 19.5 Å². The fourth-order valence-corrected chi connectivity index (χ4v) is 5.54. The summed E-state index contributed by atoms with van der Waals surface area (Å²) in [7, 11) is 0. The van der Waals surface area contributed by atoms with Crippen LogP contribution < -0.4 is 5.32 Å². The second-order valence-corrected chi connectivity index (χ2v) is 8.76. The van der Waals surface area contributed by atoms with Crippen molar-refractivity contribution >= 4 is 35.0 Å². The zero-order valence-corrected chi connectivity index (χ0v) is 17.3. The van der Waals surface area contributed by atoms with Gasteiger partial charge in [-0.1, -0.05) is 54.1 Å². The summed E-state index contributed by atoms with van der Waals surface area (Å²) >= 11 is 6.42. The number of likely N-dealkylation sites (tertiary alicyclic amines) is 1. The minimum Gasteiger partial charge on any atom is -0.506 e. The van der Waals surface area contributed by atoms with E-state index >= 15 is 0 Å². The molecule has 2 N–H and O–H groups in total. The van der Waals surface area contributed by atoms with E-state index in [9.17, 15) is 19.5 Å². The van der Waals surface area contributed by atoms with Gasteiger partial charge in [0.25, 0.3) is 0 Å². The molecule has 2 aliphatic carbocycles. The number of benzene rings is 2. The van der Waals surface area contributed by atoms with Gasteiger partial charge in [-0.2, -0.15) is 0 Å². The molecule has 0 aromatic heterocycles. The largest absolute Gasteiger partial charge is 0.506 e. The Morgan fingerprint density at radius 3 is 2.29 bits per heavy atom. The van der Waals surface area contributed by atoms with Crippen molar-refractivity contribution in [2.24, 2.45) is 23.7 Å². The number of para-hydroxylation sites is 2. The van der Waals surface area contributed by atoms with Gasteiger partial charge in [-0.15, -0.1) is 0 Å². The first-order chi connectivity index (χ1) is 15.0. The molecule has 31 heavy (non-hydrogen) atoms. The quantitative estimate of drug-likeness (QED) is 0.422. The number of nitrogens with zero attached hydrogens (tertiary/aromatic N) is 1. The monoisotopic (exact) mass is 436 g/mol. The van der Waals surface area contributed by atoms with Crippen LogP contribution in [0.1, 0.15) is 24.4 Å². The smallest absolute Gasteiger partial charge is 0.234 e. The fourth-order valence-electron chi connectivity index (χ4n) is 5.27. The van der Waals surface area contributed by atoms with Gasteiger partial charge in [-0.05, 0) is 42.0 Å². The highest BCUT2D eigenvalue weighted by Crippen LogP contribution is 2.54. The number of phenolic OH excluding ortho intramolecular Hbond substituents is 1. The van der Waals surface area contributed by atoms with Crippen LogP contribution in [0.4, 0.5) is 5.69 Å². The number of carbonyl (C=O) groups is 3. The van der Waals surface area contributed by atoms with E-state index in [-0.39, 0.29) is 53.3 Å². The van der Waals surface area contributed by atoms with E-state index in [1.165, 1.54) is 11.0 Å². The average molecular weight is 437 g/mol. The maximum absolute atomic E-state index is 13.4. The Balaban J connectivity index is 1.47. The molecule has 5 unspecified atom stereocenters. The molecule has 158 valence electrons. The molecule has 7 heteroatoms. The highest BCUT2D eigenvalue weighted by Gasteiger charge is 2.60. The van der Waals surface area contributed by atoms with Crippen molar-refractivity contribution in [1.82, 2.24) is 4.90 Å². The number of allylic oxidation sites excluding steroid dienone is 2. The molecule has 3 amide bonds. The maximum Gasteiger partial charge on any atom is 0.234 e. The predicted octanol–water partition coefficient (Wildman–Crippen LogP) is 3.92. The molecule has 3 aliphatic rings. The van der Waals surface area contributed by atoms with E-state index in [0.29, 0.717) is 10.6 Å². The SMILES string of the molecule is O=C(CC(c1ccccc1Cl)N1C(=O)C2C3C=CC(C3)C2C1=O)Nc1ccccc1O. The summed E-state index contributed by atoms with van der Waals surface area (Å²) in [5.41, 5.74) is 0.821. The molecular weight excluding hydrogens is 416 g/mol. The van der Waals surface area contributed by atoms with Crippen molar-refractivity contribution in [3.63, 3.8) is 0 Å². The molecule has 6 nitrogen and oxygen atoms in total. The summed E-state index contributed by atoms with van der Waals surface area (Å²) in [6.07, 6.45) is 4.76. The van der Waals surface area contributed by atoms with Gasteiger partial charge in [0, 0.05) is 5.02 Å². The summed E-state index contributed by atoms with van der Waals surface area (Å²) < 4.78 is 0. The fraction of sp³-hybridized carbons (Fsp3) is 0.292. The first kappa shape index (κ1) is 19.8. The van der Waals surface area contributed by atoms with Gasteiger partial charge in [-0.3, -0.25) is 19.3 Å². The molecule has 1 heterocycles. The number of hydrogen-bond donors (Lipinski definition) is 2. The lowest BCUT2D eigenvalue weighted by Gasteiger charge is -2.28. The number of amides is 3. The van der Waals surface area contributed by atoms with E-state index in [0.717, 1.165) is 6.42 Å². The van der Waals surface area contributed by atoms with E-state index < -0.39 is 11.9 Å². The van der Waals surface area contributed by atoms with Crippen LogP contribution >= 0.6 is 11.6 Å². The number of phenols is 1. The Bertz CT molecular complexity index is 1080. The molecule has 2 aromatic rings. The summed E-state index contributed by atoms with van der Waals surface area (Å²) in [5.74, 6) is -1.49. The number of rotatable bonds is 5. The third kappa shape index (κ3) is 3.22. The molecule has 2 bridgehead atoms. The van der Waals surface area contributed by atoms with Gasteiger partial charge in [0.05, 0.1) is 30.0 Å². The van der Waals surface area contributed by atoms with Crippen molar-refractivity contribution in [3.8, 4) is 5.75 Å². The van der Waals surface area contributed by atoms with Crippen LogP contribution in [0.5, 0.6) is 5.75 Å². The summed E-state index contributed by atoms with van der Waals surface area (Å²) in [4.78, 5) is 40.9. The Morgan fingerprint density at radius 1 is 1.03 bits per heavy atom. The maximum atomic E-state index is 13.4. The third-order valence-corrected chi connectivity index (χ3v) is 6.98. The van der Waals surface area contributed by atoms with Crippen LogP contribution in [0.2, 0.25) is 5.02 Å². The van der Waals surface area contributed by atoms with Gasteiger partial charge in [0.1, 0.15) is 5.75 Å². The number of hydrogen-bond acceptors (Lipinski definition) is 4. The molecule has 2 aromatic carbocycles. The van der Waals surface area contributed by atoms with Crippen LogP contribution in [0.3, 0.4) is 0 Å². The number of nitrogens with one attached hydrogen (secondary N) is 1. The molecule has 2 fully saturated rings. The van der Waals surface area contributed by atoms with E-state index in [1.807, 2.05) is 12.2 Å². The number of anilines is 1. The Labute approximate surface area is 184 Å². The lowest BCUT2D eigenvalue weighted by molar-refractivity contribution is -0.144. The van der Waals surface area contributed by atoms with Gasteiger partial charge < -0.3 is 10.4 Å². The summed E-state index contributed by atoms with van der Waals surface area (Å²) in [5, 5.41) is 13.0. The lowest BCUT2D eigenvalue weighted by Crippen LogP contribution is -2.38. The lowest BCUT2D eigenvalue weighted by atomic mass is 9.85. The molecule has 5 atom stereocenters. The van der Waals surface area contributed by atoms with Gasteiger partial charge in [-0.25, -0.2) is 0 Å². The van der Waals surface area contributed by atoms with E-state index in [4.69, 9.17) is 11.6 Å². The molecule has 0 spiro atoms. The van der Waals surface area contributed by atoms with Crippen molar-refractivity contribution in [1.29, 1.82) is 0 Å². The number of carbonyl (C=O) groups excluding carboxylic acids is 3. The zero-order valence-electron chi connectivity index (χ0n) is 16.6. The Morgan fingerprint density at radius 2 is 1.65 bits per heavy atom. The number of aromatic hydroxyl groups is 1. The molecule has 5 rings (SSSR count). The molecule has 1 saturated heterocycles. The van der Waals surface area contributed by atoms with Gasteiger partial charge in [0.2, 0.25) is 17.7 Å². The minimum atomic E-state index is -0.815. The highest BCUT2D eigenvalue weighted by atomic mass is 35.5. The van der Waals surface area contributed by atoms with Crippen LogP contribution in [0, 0.1) is 23.7 Å². The number of halogens is 1. The molecule has 0 radical (unpaired) electrons. The van der Waals surface area contributed by atoms with Crippen LogP contribution in [0.15, 0.2) is 60.7 Å². The van der Waals surface area contributed by atoms with Crippen LogP contribution in [0.25, 0.3) is 0 Å². The first-order valence-electron chi connectivity index (χ1n) is 10.3. The second kappa shape index (κ2) is 7.54. The minimum absolute atomic E-state index is 0.0596. The van der Waals surface area contributed by atoms with Crippen LogP contribution in [-0.4, -0.2) is 27.7 Å². The zero-order chi connectivity index (χ0) is 21.7. The third-order valence-electron chi connectivity index (χ3n) is 6.64. The van der Waals surface area contributed by atoms with Crippen molar-refractivity contribution in [3.05, 3.63) is 71.3 Å². The van der Waals surface area contributed by atoms with Crippen molar-refractivity contribution in [2.45, 2.75) is 18.9 Å². The van der Waals surface area contributed by atoms with Gasteiger partial charge >= 0.3 is 0 Å². The second-order valence-electron chi connectivity index (χ2n) is 8.35. The molecule has 1 saturated carbocycles. The van der Waals surface area contributed by atoms with Gasteiger partial charge in [0.15, 0.2) is 0 Å². The standard InChI is InChI=1S/C24H21ClN2O4/c25-16-6-2-1-5-15(16)18(12-20(29)26-17-7-3-4-8-19(17)28)27-23(30)21-13-9-10-14(11-13)22(21)24(27)31/h1-10,13-14,18,21-22,28H,11-12H2,(H,26,29). The molecule has 1 aliphatic heterocycles. The number of imide groups is 1. The first-order valence-corrected chi connectivity index (χ1v) is 10.7. The Kier molecular flexibility index (Phi) is 4.82. The van der Waals surface area contributed by atoms with E-state index in [1.54, 1.807) is 42.5 Å². The molecular formula is C24H21ClN2O4. The average Bonchev–Trinajstić information content (AvgIpc) is 3.43. The van der Waals surface area contributed by atoms with Crippen molar-refractivity contribution in [2.75, 3.05) is 5.32 Å². The Hall–Kier alpha value is -3.12. The summed E-state index contributed by atoms with van der Waals surface area (Å²) in [6, 6.07) is 12.5. The normalized spacial score (nSPS) is 26.9. The number of fused-ring (bicyclic) bond motifs is 5. The topological polar surface area (TPSA) is 86.7 Å². The van der Waals surface area contributed by atoms with Crippen LogP contribution in [-0.2, 0) is 14.4 Å².